The molecule has 0 radical (unpaired) electrons. The van der Waals surface area contributed by atoms with Crippen molar-refractivity contribution in [2.45, 2.75) is 69.1 Å². The Kier molecular flexibility index (Phi) is 8.34. The lowest BCUT2D eigenvalue weighted by Gasteiger charge is -2.35. The summed E-state index contributed by atoms with van der Waals surface area (Å²) in [6.07, 6.45) is 5.51. The molecule has 3 rings (SSSR count). The molecule has 5 atom stereocenters. The molecule has 174 valence electrons. The Morgan fingerprint density at radius 2 is 2.00 bits per heavy atom. The third kappa shape index (κ3) is 6.66. The van der Waals surface area contributed by atoms with Crippen molar-refractivity contribution in [1.29, 1.82) is 0 Å². The smallest absolute Gasteiger partial charge is 0.387 e. The van der Waals surface area contributed by atoms with Crippen molar-refractivity contribution in [1.82, 2.24) is 4.90 Å². The number of hydrogen-bond acceptors (Lipinski definition) is 10. The van der Waals surface area contributed by atoms with Crippen LogP contribution in [0.5, 0.6) is 0 Å². The number of phosphoric acid groups is 1. The van der Waals surface area contributed by atoms with Crippen LogP contribution in [0, 0.1) is 0 Å². The number of ether oxygens (including phenoxy) is 1. The number of nitrogens with two attached hydrogens (primary N) is 1. The van der Waals surface area contributed by atoms with Crippen molar-refractivity contribution < 1.29 is 33.8 Å². The predicted molar refractivity (Wildman–Crippen MR) is 114 cm³/mol. The van der Waals surface area contributed by atoms with E-state index in [1.807, 2.05) is 6.08 Å². The van der Waals surface area contributed by atoms with Crippen LogP contribution < -0.4 is 5.73 Å². The number of nitrogens with zero attached hydrogens (tertiary/aromatic N) is 4. The fraction of sp³-hybridized carbons (Fsp3) is 0.722. The van der Waals surface area contributed by atoms with Crippen molar-refractivity contribution in [3.63, 3.8) is 0 Å². The molecule has 0 saturated carbocycles. The standard InChI is InChI=1S/C18H30N5O7P/c19-17-13-7-5-3-1-2-4-6-12(8-20-10-21-17)23(11-22-13)18-16(25)15(24)14(30-18)9-29-31(26,27)28/h7,10-12,14-16,18,24-25H,1-6,8-9H2,(H2,19,20,21)(H2,26,27,28)/b13-7+,22-11?. The molecular weight excluding hydrogens is 429 g/mol. The first-order chi connectivity index (χ1) is 14.8. The highest BCUT2D eigenvalue weighted by molar-refractivity contribution is 7.46. The molecule has 0 spiro atoms. The van der Waals surface area contributed by atoms with Crippen molar-refractivity contribution >= 4 is 26.3 Å². The summed E-state index contributed by atoms with van der Waals surface area (Å²) < 4.78 is 21.2. The topological polar surface area (TPSA) is 183 Å². The van der Waals surface area contributed by atoms with E-state index in [9.17, 15) is 14.8 Å². The lowest BCUT2D eigenvalue weighted by atomic mass is 10.0. The Morgan fingerprint density at radius 3 is 2.77 bits per heavy atom. The second kappa shape index (κ2) is 10.8. The molecule has 3 heterocycles. The third-order valence-corrected chi connectivity index (χ3v) is 5.96. The van der Waals surface area contributed by atoms with Gasteiger partial charge in [-0.1, -0.05) is 25.3 Å². The van der Waals surface area contributed by atoms with Gasteiger partial charge in [0.25, 0.3) is 0 Å². The van der Waals surface area contributed by atoms with Gasteiger partial charge in [-0.3, -0.25) is 9.52 Å². The van der Waals surface area contributed by atoms with Crippen LogP contribution >= 0.6 is 7.82 Å². The minimum absolute atomic E-state index is 0.205. The number of hydrogen-bond donors (Lipinski definition) is 5. The van der Waals surface area contributed by atoms with Gasteiger partial charge < -0.3 is 35.4 Å². The average Bonchev–Trinajstić information content (AvgIpc) is 2.98. The summed E-state index contributed by atoms with van der Waals surface area (Å²) in [6.45, 7) is -0.230. The quantitative estimate of drug-likeness (QED) is 0.358. The van der Waals surface area contributed by atoms with E-state index >= 15 is 0 Å². The van der Waals surface area contributed by atoms with Gasteiger partial charge in [0.05, 0.1) is 25.5 Å². The monoisotopic (exact) mass is 459 g/mol. The third-order valence-electron chi connectivity index (χ3n) is 5.48. The fourth-order valence-corrected chi connectivity index (χ4v) is 4.13. The van der Waals surface area contributed by atoms with Crippen LogP contribution in [0.4, 0.5) is 0 Å². The van der Waals surface area contributed by atoms with E-state index in [2.05, 4.69) is 19.5 Å². The van der Waals surface area contributed by atoms with Crippen molar-refractivity contribution in [3.8, 4) is 0 Å². The van der Waals surface area contributed by atoms with Crippen LogP contribution in [0.3, 0.4) is 0 Å². The molecule has 0 amide bonds. The van der Waals surface area contributed by atoms with Crippen LogP contribution in [0.15, 0.2) is 26.8 Å². The van der Waals surface area contributed by atoms with E-state index in [-0.39, 0.29) is 11.9 Å². The minimum Gasteiger partial charge on any atom is -0.387 e. The molecule has 1 fully saturated rings. The van der Waals surface area contributed by atoms with Gasteiger partial charge in [-0.05, 0) is 19.3 Å². The molecular formula is C18H30N5O7P. The largest absolute Gasteiger partial charge is 0.469 e. The maximum absolute atomic E-state index is 11.0. The number of allylic oxidation sites excluding steroid dienone is 1. The molecule has 31 heavy (non-hydrogen) atoms. The molecule has 2 bridgehead atoms. The van der Waals surface area contributed by atoms with E-state index < -0.39 is 39.0 Å². The molecule has 3 aliphatic heterocycles. The number of fused-ring (bicyclic) bond motifs is 3. The Labute approximate surface area is 180 Å². The zero-order valence-corrected chi connectivity index (χ0v) is 18.0. The number of aliphatic imine (C=N–C) groups is 3. The normalized spacial score (nSPS) is 34.7. The van der Waals surface area contributed by atoms with E-state index in [0.29, 0.717) is 12.2 Å². The van der Waals surface area contributed by atoms with Crippen molar-refractivity contribution in [2.75, 3.05) is 13.2 Å². The van der Waals surface area contributed by atoms with Gasteiger partial charge in [0, 0.05) is 0 Å². The van der Waals surface area contributed by atoms with Gasteiger partial charge in [-0.2, -0.15) is 0 Å². The molecule has 0 aromatic heterocycles. The van der Waals surface area contributed by atoms with Crippen LogP contribution in [0.2, 0.25) is 0 Å². The highest BCUT2D eigenvalue weighted by Crippen LogP contribution is 2.37. The molecule has 0 aliphatic carbocycles. The maximum atomic E-state index is 11.0. The van der Waals surface area contributed by atoms with Crippen molar-refractivity contribution in [2.24, 2.45) is 20.7 Å². The number of aliphatic hydroxyl groups is 2. The Hall–Kier alpha value is -1.66. The minimum atomic E-state index is -4.75. The summed E-state index contributed by atoms with van der Waals surface area (Å²) in [5.74, 6) is 0.219. The molecule has 6 N–H and O–H groups in total. The number of aliphatic hydroxyl groups excluding tert-OH is 2. The lowest BCUT2D eigenvalue weighted by molar-refractivity contribution is -0.0806. The van der Waals surface area contributed by atoms with E-state index in [1.165, 1.54) is 12.7 Å². The molecule has 0 aromatic carbocycles. The first-order valence-electron chi connectivity index (χ1n) is 10.3. The van der Waals surface area contributed by atoms with Crippen LogP contribution in [0.1, 0.15) is 38.5 Å². The highest BCUT2D eigenvalue weighted by atomic mass is 31.2. The van der Waals surface area contributed by atoms with E-state index in [1.54, 1.807) is 4.90 Å². The molecule has 13 heteroatoms. The predicted octanol–water partition coefficient (Wildman–Crippen LogP) is -0.122. The number of phosphoric ester groups is 1. The van der Waals surface area contributed by atoms with Gasteiger partial charge in [0.2, 0.25) is 0 Å². The Bertz CT molecular complexity index is 783. The number of rotatable bonds is 4. The van der Waals surface area contributed by atoms with Crippen molar-refractivity contribution in [3.05, 3.63) is 11.8 Å². The van der Waals surface area contributed by atoms with Gasteiger partial charge in [0.1, 0.15) is 30.3 Å². The first kappa shape index (κ1) is 24.0. The Morgan fingerprint density at radius 1 is 1.23 bits per heavy atom. The van der Waals surface area contributed by atoms with Crippen LogP contribution in [0.25, 0.3) is 0 Å². The highest BCUT2D eigenvalue weighted by Gasteiger charge is 2.47. The van der Waals surface area contributed by atoms with Gasteiger partial charge >= 0.3 is 7.82 Å². The molecule has 5 unspecified atom stereocenters. The zero-order valence-electron chi connectivity index (χ0n) is 17.1. The summed E-state index contributed by atoms with van der Waals surface area (Å²) in [7, 11) is -4.75. The second-order valence-electron chi connectivity index (χ2n) is 7.75. The summed E-state index contributed by atoms with van der Waals surface area (Å²) in [4.78, 5) is 32.5. The number of amidine groups is 1. The van der Waals surface area contributed by atoms with E-state index in [4.69, 9.17) is 20.3 Å². The summed E-state index contributed by atoms with van der Waals surface area (Å²) in [5, 5.41) is 21.0. The van der Waals surface area contributed by atoms with Gasteiger partial charge in [0.15, 0.2) is 12.1 Å². The molecule has 0 aromatic rings. The maximum Gasteiger partial charge on any atom is 0.469 e. The summed E-state index contributed by atoms with van der Waals surface area (Å²) in [5.41, 5.74) is 6.51. The second-order valence-corrected chi connectivity index (χ2v) is 8.99. The zero-order chi connectivity index (χ0) is 22.4. The average molecular weight is 459 g/mol. The van der Waals surface area contributed by atoms with Gasteiger partial charge in [-0.25, -0.2) is 14.5 Å². The van der Waals surface area contributed by atoms with Crippen LogP contribution in [-0.4, -0.2) is 87.1 Å². The van der Waals surface area contributed by atoms with Gasteiger partial charge in [-0.15, -0.1) is 0 Å². The SMILES string of the molecule is NC1=NC=NCC2CCCCCC/C=C\1N=CN2C1OC(COP(=O)(O)O)C(O)C1O. The lowest BCUT2D eigenvalue weighted by Crippen LogP contribution is -2.50. The molecule has 12 nitrogen and oxygen atoms in total. The summed E-state index contributed by atoms with van der Waals surface area (Å²) >= 11 is 0. The fourth-order valence-electron chi connectivity index (χ4n) is 3.79. The molecule has 3 aliphatic rings. The first-order valence-corrected chi connectivity index (χ1v) is 11.8. The van der Waals surface area contributed by atoms with E-state index in [0.717, 1.165) is 38.5 Å². The van der Waals surface area contributed by atoms with Crippen LogP contribution in [-0.2, 0) is 13.8 Å². The summed E-state index contributed by atoms with van der Waals surface area (Å²) in [6, 6.07) is -0.205. The Balaban J connectivity index is 1.89. The molecule has 1 saturated heterocycles.